The van der Waals surface area contributed by atoms with Crippen LogP contribution >= 0.6 is 11.6 Å². The summed E-state index contributed by atoms with van der Waals surface area (Å²) in [6, 6.07) is 5.65. The molecule has 1 aliphatic heterocycles. The number of rotatable bonds is 4. The molecule has 0 unspecified atom stereocenters. The Morgan fingerprint density at radius 2 is 2.00 bits per heavy atom. The predicted molar refractivity (Wildman–Crippen MR) is 108 cm³/mol. The number of anilines is 1. The standard InChI is InChI=1S/C20H18ClFN4O4/c1-29-19(28)15-9-13(21)17-18(23-15)16(11-2-3-14(22)12(8-11)10-27)24-20(25-17)26-4-6-30-7-5-26/h2-3,8-9,27H,4-7,10H2,1H3. The number of aliphatic hydroxyl groups is 1. The number of esters is 1. The van der Waals surface area contributed by atoms with Crippen molar-refractivity contribution < 1.29 is 23.8 Å². The van der Waals surface area contributed by atoms with Crippen LogP contribution in [0, 0.1) is 5.82 Å². The van der Waals surface area contributed by atoms with Gasteiger partial charge in [0.2, 0.25) is 5.95 Å². The van der Waals surface area contributed by atoms with Crippen LogP contribution < -0.4 is 4.90 Å². The number of halogens is 2. The third kappa shape index (κ3) is 3.79. The molecule has 0 saturated carbocycles. The molecule has 3 heterocycles. The summed E-state index contributed by atoms with van der Waals surface area (Å²) in [5.41, 5.74) is 1.61. The van der Waals surface area contributed by atoms with E-state index in [0.29, 0.717) is 49.0 Å². The van der Waals surface area contributed by atoms with Crippen molar-refractivity contribution in [1.29, 1.82) is 0 Å². The normalized spacial score (nSPS) is 14.2. The maximum atomic E-state index is 13.9. The number of aromatic nitrogens is 3. The first-order valence-electron chi connectivity index (χ1n) is 9.20. The molecule has 1 fully saturated rings. The molecule has 1 N–H and O–H groups in total. The van der Waals surface area contributed by atoms with Crippen molar-refractivity contribution >= 4 is 34.6 Å². The predicted octanol–water partition coefficient (Wildman–Crippen LogP) is 2.60. The second-order valence-electron chi connectivity index (χ2n) is 6.61. The molecule has 0 spiro atoms. The first-order valence-corrected chi connectivity index (χ1v) is 9.58. The Kier molecular flexibility index (Phi) is 5.76. The molecule has 0 atom stereocenters. The van der Waals surface area contributed by atoms with E-state index in [2.05, 4.69) is 15.0 Å². The number of pyridine rings is 1. The highest BCUT2D eigenvalue weighted by Gasteiger charge is 2.22. The smallest absolute Gasteiger partial charge is 0.356 e. The monoisotopic (exact) mass is 432 g/mol. The number of carbonyl (C=O) groups is 1. The van der Waals surface area contributed by atoms with Gasteiger partial charge in [0.15, 0.2) is 5.69 Å². The molecule has 2 aromatic heterocycles. The lowest BCUT2D eigenvalue weighted by molar-refractivity contribution is 0.0594. The number of hydrogen-bond acceptors (Lipinski definition) is 8. The van der Waals surface area contributed by atoms with Crippen molar-refractivity contribution in [2.45, 2.75) is 6.61 Å². The van der Waals surface area contributed by atoms with Gasteiger partial charge in [-0.05, 0) is 24.3 Å². The average molecular weight is 433 g/mol. The van der Waals surface area contributed by atoms with Crippen LogP contribution in [0.15, 0.2) is 24.3 Å². The third-order valence-corrected chi connectivity index (χ3v) is 5.06. The summed E-state index contributed by atoms with van der Waals surface area (Å²) in [5.74, 6) is -0.767. The van der Waals surface area contributed by atoms with Gasteiger partial charge >= 0.3 is 5.97 Å². The van der Waals surface area contributed by atoms with Gasteiger partial charge in [-0.15, -0.1) is 0 Å². The van der Waals surface area contributed by atoms with Gasteiger partial charge < -0.3 is 19.5 Å². The largest absolute Gasteiger partial charge is 0.464 e. The van der Waals surface area contributed by atoms with Crippen molar-refractivity contribution in [2.75, 3.05) is 38.3 Å². The number of hydrogen-bond donors (Lipinski definition) is 1. The maximum absolute atomic E-state index is 13.9. The summed E-state index contributed by atoms with van der Waals surface area (Å²) in [7, 11) is 1.24. The van der Waals surface area contributed by atoms with Gasteiger partial charge in [0.1, 0.15) is 22.5 Å². The number of methoxy groups -OCH3 is 1. The Labute approximate surface area is 176 Å². The lowest BCUT2D eigenvalue weighted by Gasteiger charge is -2.27. The van der Waals surface area contributed by atoms with E-state index in [1.165, 1.54) is 31.4 Å². The highest BCUT2D eigenvalue weighted by atomic mass is 35.5. The number of benzene rings is 1. The Bertz CT molecular complexity index is 1120. The number of fused-ring (bicyclic) bond motifs is 1. The zero-order valence-electron chi connectivity index (χ0n) is 16.1. The quantitative estimate of drug-likeness (QED) is 0.628. The van der Waals surface area contributed by atoms with Crippen LogP contribution in [0.2, 0.25) is 5.02 Å². The fraction of sp³-hybridized carbons (Fsp3) is 0.300. The minimum atomic E-state index is -0.655. The number of aliphatic hydroxyl groups excluding tert-OH is 1. The highest BCUT2D eigenvalue weighted by Crippen LogP contribution is 2.32. The summed E-state index contributed by atoms with van der Waals surface area (Å²) < 4.78 is 24.1. The molecule has 0 aliphatic carbocycles. The molecule has 8 nitrogen and oxygen atoms in total. The van der Waals surface area contributed by atoms with E-state index in [1.54, 1.807) is 0 Å². The minimum absolute atomic E-state index is 0.00321. The first-order chi connectivity index (χ1) is 14.5. The zero-order chi connectivity index (χ0) is 21.3. The van der Waals surface area contributed by atoms with E-state index in [9.17, 15) is 14.3 Å². The topological polar surface area (TPSA) is 97.7 Å². The maximum Gasteiger partial charge on any atom is 0.356 e. The molecule has 4 rings (SSSR count). The number of nitrogens with zero attached hydrogens (tertiary/aromatic N) is 4. The van der Waals surface area contributed by atoms with Crippen molar-refractivity contribution in [3.05, 3.63) is 46.4 Å². The van der Waals surface area contributed by atoms with Gasteiger partial charge in [-0.3, -0.25) is 0 Å². The number of ether oxygens (including phenoxy) is 2. The van der Waals surface area contributed by atoms with Gasteiger partial charge in [0.05, 0.1) is 32.0 Å². The fourth-order valence-electron chi connectivity index (χ4n) is 3.21. The summed E-state index contributed by atoms with van der Waals surface area (Å²) >= 11 is 6.44. The Morgan fingerprint density at radius 3 is 2.70 bits per heavy atom. The van der Waals surface area contributed by atoms with Crippen LogP contribution in [0.3, 0.4) is 0 Å². The van der Waals surface area contributed by atoms with E-state index in [1.807, 2.05) is 4.90 Å². The SMILES string of the molecule is COC(=O)c1cc(Cl)c2nc(N3CCOCC3)nc(-c3ccc(F)c(CO)c3)c2n1. The molecule has 1 aromatic carbocycles. The van der Waals surface area contributed by atoms with E-state index in [0.717, 1.165) is 0 Å². The molecule has 30 heavy (non-hydrogen) atoms. The van der Waals surface area contributed by atoms with Crippen LogP contribution in [-0.2, 0) is 16.1 Å². The van der Waals surface area contributed by atoms with Crippen molar-refractivity contribution in [1.82, 2.24) is 15.0 Å². The molecular weight excluding hydrogens is 415 g/mol. The highest BCUT2D eigenvalue weighted by molar-refractivity contribution is 6.35. The Morgan fingerprint density at radius 1 is 1.23 bits per heavy atom. The van der Waals surface area contributed by atoms with E-state index >= 15 is 0 Å². The summed E-state index contributed by atoms with van der Waals surface area (Å²) in [6.07, 6.45) is 0. The third-order valence-electron chi connectivity index (χ3n) is 4.77. The van der Waals surface area contributed by atoms with E-state index in [-0.39, 0.29) is 21.8 Å². The van der Waals surface area contributed by atoms with Gasteiger partial charge in [-0.2, -0.15) is 0 Å². The molecule has 1 saturated heterocycles. The van der Waals surface area contributed by atoms with E-state index < -0.39 is 18.4 Å². The zero-order valence-corrected chi connectivity index (χ0v) is 16.8. The molecule has 156 valence electrons. The lowest BCUT2D eigenvalue weighted by Crippen LogP contribution is -2.37. The summed E-state index contributed by atoms with van der Waals surface area (Å²) in [6.45, 7) is 1.80. The Hall–Kier alpha value is -2.88. The molecule has 10 heteroatoms. The van der Waals surface area contributed by atoms with Crippen LogP contribution in [0.5, 0.6) is 0 Å². The van der Waals surface area contributed by atoms with E-state index in [4.69, 9.17) is 21.1 Å². The van der Waals surface area contributed by atoms with Crippen molar-refractivity contribution in [2.24, 2.45) is 0 Å². The van der Waals surface area contributed by atoms with Gasteiger partial charge in [0, 0.05) is 24.2 Å². The average Bonchev–Trinajstić information content (AvgIpc) is 2.79. The van der Waals surface area contributed by atoms with Crippen LogP contribution in [-0.4, -0.2) is 59.4 Å². The summed E-state index contributed by atoms with van der Waals surface area (Å²) in [5, 5.41) is 9.67. The van der Waals surface area contributed by atoms with Gasteiger partial charge in [0.25, 0.3) is 0 Å². The van der Waals surface area contributed by atoms with Crippen molar-refractivity contribution in [3.8, 4) is 11.3 Å². The molecular formula is C20H18ClFN4O4. The van der Waals surface area contributed by atoms with Crippen LogP contribution in [0.1, 0.15) is 16.1 Å². The molecule has 1 aliphatic rings. The second-order valence-corrected chi connectivity index (χ2v) is 7.02. The fourth-order valence-corrected chi connectivity index (χ4v) is 3.45. The summed E-state index contributed by atoms with van der Waals surface area (Å²) in [4.78, 5) is 27.6. The lowest BCUT2D eigenvalue weighted by atomic mass is 10.1. The van der Waals surface area contributed by atoms with Gasteiger partial charge in [-0.1, -0.05) is 11.6 Å². The number of carbonyl (C=O) groups excluding carboxylic acids is 1. The first kappa shape index (κ1) is 20.4. The minimum Gasteiger partial charge on any atom is -0.464 e. The Balaban J connectivity index is 1.98. The molecule has 0 bridgehead atoms. The number of morpholine rings is 1. The van der Waals surface area contributed by atoms with Crippen LogP contribution in [0.25, 0.3) is 22.3 Å². The van der Waals surface area contributed by atoms with Crippen molar-refractivity contribution in [3.63, 3.8) is 0 Å². The molecule has 0 amide bonds. The molecule has 0 radical (unpaired) electrons. The molecule has 3 aromatic rings. The van der Waals surface area contributed by atoms with Gasteiger partial charge in [-0.25, -0.2) is 24.1 Å². The van der Waals surface area contributed by atoms with Crippen LogP contribution in [0.4, 0.5) is 10.3 Å². The second kappa shape index (κ2) is 8.47.